The van der Waals surface area contributed by atoms with E-state index in [0.29, 0.717) is 59.2 Å². The number of para-hydroxylation sites is 7. The van der Waals surface area contributed by atoms with Crippen LogP contribution in [0.5, 0.6) is 0 Å². The van der Waals surface area contributed by atoms with E-state index in [1.807, 2.05) is 76.2 Å². The van der Waals surface area contributed by atoms with Gasteiger partial charge in [-0.2, -0.15) is 14.0 Å². The second kappa shape index (κ2) is 43.5. The summed E-state index contributed by atoms with van der Waals surface area (Å²) in [6.07, 6.45) is 7.39. The lowest BCUT2D eigenvalue weighted by molar-refractivity contribution is 0.501. The SMILES string of the molecule is CC(C)C1=NCCCCC1.CC(C)c1c[nH]c2ccccc12.CC(C)c1cc2ccccc2[nH]1.CC(C)c1cc2ccccc2n1C.CC(C)c1nc2ccccc2[nH]1.CC(C)c1nc2ccccc2o1.CC(C)c1ncsn1.CC(C)c1nn[nH]n1.Cc1nc(C(C)C)ns1.Cc1nnc(C(C)C)s1. The molecular formula is C84H117N17OS3. The molecule has 0 amide bonds. The van der Waals surface area contributed by atoms with Crippen LogP contribution in [0, 0.1) is 19.8 Å². The molecule has 0 spiro atoms. The first-order chi connectivity index (χ1) is 50.1. The van der Waals surface area contributed by atoms with Crippen molar-refractivity contribution in [3.8, 4) is 0 Å². The average molecular weight is 1480 g/mol. The van der Waals surface area contributed by atoms with Crippen LogP contribution in [0.2, 0.25) is 0 Å². The second-order valence-electron chi connectivity index (χ2n) is 29.1. The number of aromatic amines is 4. The number of nitrogens with zero attached hydrogens (tertiary/aromatic N) is 13. The number of benzene rings is 5. The van der Waals surface area contributed by atoms with Gasteiger partial charge in [0, 0.05) is 94.3 Å². The van der Waals surface area contributed by atoms with Crippen LogP contribution in [-0.2, 0) is 7.05 Å². The van der Waals surface area contributed by atoms with Crippen molar-refractivity contribution in [2.24, 2.45) is 18.0 Å². The molecular weight excluding hydrogens is 1360 g/mol. The lowest BCUT2D eigenvalue weighted by Crippen LogP contribution is -2.06. The quantitative estimate of drug-likeness (QED) is 0.100. The number of hydrogen-bond donors (Lipinski definition) is 4. The molecule has 4 N–H and O–H groups in total. The van der Waals surface area contributed by atoms with Gasteiger partial charge in [-0.05, 0) is 151 Å². The van der Waals surface area contributed by atoms with Gasteiger partial charge >= 0.3 is 0 Å². The van der Waals surface area contributed by atoms with Crippen molar-refractivity contribution in [3.63, 3.8) is 0 Å². The maximum Gasteiger partial charge on any atom is 0.198 e. The van der Waals surface area contributed by atoms with Crippen molar-refractivity contribution in [2.45, 2.75) is 231 Å². The van der Waals surface area contributed by atoms with E-state index in [1.54, 1.807) is 16.8 Å². The number of nitrogens with one attached hydrogen (secondary N) is 4. The largest absolute Gasteiger partial charge is 0.440 e. The van der Waals surface area contributed by atoms with E-state index in [0.717, 1.165) is 72.9 Å². The molecule has 15 rings (SSSR count). The smallest absolute Gasteiger partial charge is 0.198 e. The molecule has 9 aromatic heterocycles. The van der Waals surface area contributed by atoms with Crippen LogP contribution in [0.3, 0.4) is 0 Å². The molecule has 0 atom stereocenters. The molecule has 0 unspecified atom stereocenters. The summed E-state index contributed by atoms with van der Waals surface area (Å²) in [6.45, 7) is 47.9. The third-order valence-corrected chi connectivity index (χ3v) is 19.0. The lowest BCUT2D eigenvalue weighted by Gasteiger charge is -2.06. The monoisotopic (exact) mass is 1480 g/mol. The second-order valence-corrected chi connectivity index (χ2v) is 31.8. The topological polar surface area (TPSA) is 235 Å². The average Bonchev–Trinajstić information content (AvgIpc) is 1.63. The van der Waals surface area contributed by atoms with Gasteiger partial charge in [-0.1, -0.05) is 229 Å². The number of imidazole rings is 1. The summed E-state index contributed by atoms with van der Waals surface area (Å²) in [7, 11) is 2.14. The summed E-state index contributed by atoms with van der Waals surface area (Å²) in [6, 6.07) is 45.7. The number of oxazole rings is 1. The zero-order chi connectivity index (χ0) is 76.7. The first-order valence-corrected chi connectivity index (χ1v) is 39.7. The molecule has 0 radical (unpaired) electrons. The van der Waals surface area contributed by atoms with E-state index in [-0.39, 0.29) is 0 Å². The van der Waals surface area contributed by atoms with Gasteiger partial charge in [0.05, 0.1) is 11.0 Å². The van der Waals surface area contributed by atoms with E-state index >= 15 is 0 Å². The predicted octanol–water partition coefficient (Wildman–Crippen LogP) is 24.1. The maximum atomic E-state index is 5.52. The molecule has 0 saturated carbocycles. The summed E-state index contributed by atoms with van der Waals surface area (Å²) < 4.78 is 16.0. The van der Waals surface area contributed by atoms with Crippen LogP contribution >= 0.6 is 34.4 Å². The number of aryl methyl sites for hydroxylation is 3. The minimum Gasteiger partial charge on any atom is -0.440 e. The summed E-state index contributed by atoms with van der Waals surface area (Å²) >= 11 is 4.55. The highest BCUT2D eigenvalue weighted by Gasteiger charge is 2.12. The third-order valence-electron chi connectivity index (χ3n) is 16.7. The molecule has 1 aliphatic rings. The van der Waals surface area contributed by atoms with E-state index in [9.17, 15) is 0 Å². The Labute approximate surface area is 636 Å². The molecule has 21 heteroatoms. The van der Waals surface area contributed by atoms with Crippen molar-refractivity contribution < 1.29 is 4.42 Å². The molecule has 10 heterocycles. The zero-order valence-electron chi connectivity index (χ0n) is 66.6. The Hall–Kier alpha value is -8.92. The fourth-order valence-corrected chi connectivity index (χ4v) is 12.4. The Morgan fingerprint density at radius 2 is 1.13 bits per heavy atom. The minimum absolute atomic E-state index is 0.359. The number of fused-ring (bicyclic) bond motifs is 5. The number of aliphatic imine (C=N–C) groups is 1. The predicted molar refractivity (Wildman–Crippen MR) is 445 cm³/mol. The van der Waals surface area contributed by atoms with Crippen LogP contribution in [0.15, 0.2) is 155 Å². The lowest BCUT2D eigenvalue weighted by atomic mass is 10.0. The molecule has 14 aromatic rings. The fraction of sp³-hybridized carbons (Fsp3) is 0.452. The third kappa shape index (κ3) is 27.8. The molecule has 0 bridgehead atoms. The first-order valence-electron chi connectivity index (χ1n) is 37.2. The van der Waals surface area contributed by atoms with Crippen LogP contribution < -0.4 is 0 Å². The van der Waals surface area contributed by atoms with Gasteiger partial charge in [0.25, 0.3) is 0 Å². The van der Waals surface area contributed by atoms with Gasteiger partial charge < -0.3 is 23.9 Å². The standard InChI is InChI=1S/C12H15N.2C11H13N.C10H12N2.C10H11NO.C9H17N.2C6H10N2S.C5H8N2S.C4H8N4/c1-9(2)12-8-10-6-4-5-7-11(10)13(12)3;1-8(2)10-7-12-11-6-4-3-5-9(10)11;1-8(2)11-7-9-5-3-4-6-10(9)12-11;2*1-7(2)10-11-8-5-3-4-6-9(8)12-10;1-8(2)9-6-4-3-5-7-10-9;1-4(2)6-8-7-5(3)9-6;1-4(2)6-7-5(3)9-8-6;1-4(2)5-6-3-8-7-5;1-3(2)4-5-7-8-6-4/h4-9H,1-3H3;2*3-8,12H,1-2H3;3-7H,1-2H3,(H,11,12);3-7H,1-2H3;8H,3-7H2,1-2H3;2*4H,1-3H3;3-4H,1-2H3;3H,1-2H3,(H,5,6,7,8). The van der Waals surface area contributed by atoms with Crippen molar-refractivity contribution in [3.05, 3.63) is 206 Å². The molecule has 0 saturated heterocycles. The highest BCUT2D eigenvalue weighted by atomic mass is 32.1. The summed E-state index contributed by atoms with van der Waals surface area (Å²) in [4.78, 5) is 31.5. The van der Waals surface area contributed by atoms with Crippen molar-refractivity contribution in [1.29, 1.82) is 0 Å². The molecule has 105 heavy (non-hydrogen) atoms. The summed E-state index contributed by atoms with van der Waals surface area (Å²) in [5.41, 5.74) is 15.1. The normalized spacial score (nSPS) is 11.9. The summed E-state index contributed by atoms with van der Waals surface area (Å²) in [5, 5.41) is 28.5. The molecule has 5 aromatic carbocycles. The van der Waals surface area contributed by atoms with Crippen LogP contribution in [0.4, 0.5) is 0 Å². The Kier molecular flexibility index (Phi) is 35.2. The Bertz CT molecular complexity index is 4320. The highest BCUT2D eigenvalue weighted by Crippen LogP contribution is 2.27. The highest BCUT2D eigenvalue weighted by molar-refractivity contribution is 7.11. The van der Waals surface area contributed by atoms with Gasteiger partial charge in [-0.15, -0.1) is 31.7 Å². The Morgan fingerprint density at radius 3 is 1.63 bits per heavy atom. The zero-order valence-corrected chi connectivity index (χ0v) is 69.1. The number of rotatable bonds is 10. The van der Waals surface area contributed by atoms with E-state index in [2.05, 4.69) is 307 Å². The number of aromatic nitrogens is 16. The molecule has 0 aliphatic carbocycles. The number of tetrazole rings is 1. The van der Waals surface area contributed by atoms with Crippen LogP contribution in [-0.4, -0.2) is 91.3 Å². The van der Waals surface area contributed by atoms with Gasteiger partial charge in [0.1, 0.15) is 43.5 Å². The minimum atomic E-state index is 0.359. The number of H-pyrrole nitrogens is 4. The number of hydrogen-bond acceptors (Lipinski definition) is 16. The van der Waals surface area contributed by atoms with Crippen molar-refractivity contribution >= 4 is 95.0 Å². The van der Waals surface area contributed by atoms with Crippen LogP contribution in [0.25, 0.3) is 54.8 Å². The van der Waals surface area contributed by atoms with Gasteiger partial charge in [-0.3, -0.25) is 4.99 Å². The summed E-state index contributed by atoms with van der Waals surface area (Å²) in [5.74, 6) is 9.69. The Morgan fingerprint density at radius 1 is 0.495 bits per heavy atom. The van der Waals surface area contributed by atoms with Gasteiger partial charge in [0.15, 0.2) is 17.3 Å². The maximum absolute atomic E-state index is 5.52. The van der Waals surface area contributed by atoms with E-state index in [4.69, 9.17) is 4.42 Å². The van der Waals surface area contributed by atoms with Gasteiger partial charge in [-0.25, -0.2) is 19.9 Å². The molecule has 562 valence electrons. The Balaban J connectivity index is 0.000000184. The van der Waals surface area contributed by atoms with Crippen LogP contribution in [0.1, 0.15) is 279 Å². The van der Waals surface area contributed by atoms with E-state index in [1.165, 1.54) is 104 Å². The van der Waals surface area contributed by atoms with Crippen molar-refractivity contribution in [1.82, 2.24) is 79.0 Å². The van der Waals surface area contributed by atoms with Crippen molar-refractivity contribution in [2.75, 3.05) is 6.54 Å². The fourth-order valence-electron chi connectivity index (χ4n) is 10.5. The first kappa shape index (κ1) is 85.0. The molecule has 0 fully saturated rings. The van der Waals surface area contributed by atoms with E-state index < -0.39 is 0 Å². The molecule has 18 nitrogen and oxygen atoms in total. The van der Waals surface area contributed by atoms with Gasteiger partial charge in [0.2, 0.25) is 0 Å². The molecule has 1 aliphatic heterocycles.